The lowest BCUT2D eigenvalue weighted by molar-refractivity contribution is 0.281. The van der Waals surface area contributed by atoms with E-state index in [0.717, 1.165) is 14.5 Å². The van der Waals surface area contributed by atoms with Gasteiger partial charge in [0.15, 0.2) is 0 Å². The minimum Gasteiger partial charge on any atom is -0.438 e. The Bertz CT molecular complexity index is 514. The molecule has 88 valence electrons. The van der Waals surface area contributed by atoms with Gasteiger partial charge in [0.25, 0.3) is 0 Å². The topological polar surface area (TPSA) is 42.4 Å². The molecule has 0 bridgehead atoms. The van der Waals surface area contributed by atoms with Crippen LogP contribution in [0.3, 0.4) is 0 Å². The van der Waals surface area contributed by atoms with Gasteiger partial charge >= 0.3 is 0 Å². The molecule has 0 fully saturated rings. The Kier molecular flexibility index (Phi) is 4.15. The Labute approximate surface area is 116 Å². The zero-order valence-corrected chi connectivity index (χ0v) is 11.9. The molecule has 2 aromatic rings. The van der Waals surface area contributed by atoms with Crippen LogP contribution >= 0.6 is 31.9 Å². The van der Waals surface area contributed by atoms with E-state index in [1.165, 1.54) is 0 Å². The Hall–Kier alpha value is -0.910. The number of hydrogen-bond donors (Lipinski definition) is 1. The second-order valence-corrected chi connectivity index (χ2v) is 5.11. The summed E-state index contributed by atoms with van der Waals surface area (Å²) in [5, 5.41) is 8.90. The Morgan fingerprint density at radius 3 is 2.59 bits per heavy atom. The lowest BCUT2D eigenvalue weighted by Crippen LogP contribution is -1.90. The molecule has 1 N–H and O–H groups in total. The van der Waals surface area contributed by atoms with Crippen LogP contribution in [0.4, 0.5) is 0 Å². The van der Waals surface area contributed by atoms with Crippen molar-refractivity contribution in [3.63, 3.8) is 0 Å². The van der Waals surface area contributed by atoms with Gasteiger partial charge in [-0.1, -0.05) is 15.9 Å². The van der Waals surface area contributed by atoms with Gasteiger partial charge in [-0.05, 0) is 45.8 Å². The lowest BCUT2D eigenvalue weighted by Gasteiger charge is -2.07. The maximum Gasteiger partial charge on any atom is 0.219 e. The number of halogens is 2. The number of hydrogen-bond acceptors (Lipinski definition) is 3. The molecule has 0 atom stereocenters. The first-order valence-corrected chi connectivity index (χ1v) is 6.46. The fourth-order valence-corrected chi connectivity index (χ4v) is 2.36. The fraction of sp³-hybridized carbons (Fsp3) is 0.0833. The van der Waals surface area contributed by atoms with Crippen LogP contribution in [0.2, 0.25) is 0 Å². The summed E-state index contributed by atoms with van der Waals surface area (Å²) >= 11 is 6.78. The molecule has 5 heteroatoms. The second-order valence-electron chi connectivity index (χ2n) is 3.34. The molecule has 0 unspecified atom stereocenters. The normalized spacial score (nSPS) is 10.3. The number of ether oxygens (including phenoxy) is 1. The average molecular weight is 359 g/mol. The van der Waals surface area contributed by atoms with E-state index in [1.807, 2.05) is 18.2 Å². The molecule has 2 rings (SSSR count). The molecule has 0 aliphatic heterocycles. The Morgan fingerprint density at radius 2 is 2.00 bits per heavy atom. The summed E-state index contributed by atoms with van der Waals surface area (Å²) in [4.78, 5) is 4.09. The fourth-order valence-electron chi connectivity index (χ4n) is 1.24. The highest BCUT2D eigenvalue weighted by Crippen LogP contribution is 2.31. The summed E-state index contributed by atoms with van der Waals surface area (Å²) in [5.41, 5.74) is 0.757. The zero-order valence-electron chi connectivity index (χ0n) is 8.73. The SMILES string of the molecule is OCc1ccc(Oc2ccc(Br)cc2Br)nc1. The van der Waals surface area contributed by atoms with Crippen molar-refractivity contribution in [2.75, 3.05) is 0 Å². The first-order chi connectivity index (χ1) is 8.19. The summed E-state index contributed by atoms with van der Waals surface area (Å²) in [6.07, 6.45) is 1.59. The van der Waals surface area contributed by atoms with Crippen molar-refractivity contribution in [3.05, 3.63) is 51.0 Å². The van der Waals surface area contributed by atoms with E-state index in [9.17, 15) is 0 Å². The summed E-state index contributed by atoms with van der Waals surface area (Å²) in [5.74, 6) is 1.18. The number of rotatable bonds is 3. The molecule has 1 aromatic carbocycles. The smallest absolute Gasteiger partial charge is 0.219 e. The largest absolute Gasteiger partial charge is 0.438 e. The predicted molar refractivity (Wildman–Crippen MR) is 72.1 cm³/mol. The summed E-state index contributed by atoms with van der Waals surface area (Å²) in [6, 6.07) is 9.13. The molecular weight excluding hydrogens is 350 g/mol. The zero-order chi connectivity index (χ0) is 12.3. The molecule has 17 heavy (non-hydrogen) atoms. The van der Waals surface area contributed by atoms with Gasteiger partial charge in [-0.25, -0.2) is 4.98 Å². The van der Waals surface area contributed by atoms with Crippen molar-refractivity contribution < 1.29 is 9.84 Å². The van der Waals surface area contributed by atoms with E-state index in [4.69, 9.17) is 9.84 Å². The molecule has 1 aromatic heterocycles. The van der Waals surface area contributed by atoms with Crippen molar-refractivity contribution in [3.8, 4) is 11.6 Å². The molecule has 0 saturated heterocycles. The predicted octanol–water partition coefficient (Wildman–Crippen LogP) is 3.89. The third-order valence-electron chi connectivity index (χ3n) is 2.09. The maximum atomic E-state index is 8.90. The van der Waals surface area contributed by atoms with Crippen LogP contribution in [0.15, 0.2) is 45.5 Å². The molecule has 0 spiro atoms. The van der Waals surface area contributed by atoms with E-state index >= 15 is 0 Å². The standard InChI is InChI=1S/C12H9Br2NO2/c13-9-2-3-11(10(14)5-9)17-12-4-1-8(7-16)6-15-12/h1-6,16H,7H2. The first-order valence-electron chi connectivity index (χ1n) is 4.88. The molecule has 0 aliphatic carbocycles. The van der Waals surface area contributed by atoms with E-state index in [0.29, 0.717) is 11.6 Å². The molecule has 0 amide bonds. The number of nitrogens with zero attached hydrogens (tertiary/aromatic N) is 1. The van der Waals surface area contributed by atoms with Gasteiger partial charge < -0.3 is 9.84 Å². The maximum absolute atomic E-state index is 8.90. The third kappa shape index (κ3) is 3.28. The van der Waals surface area contributed by atoms with Crippen LogP contribution in [0.1, 0.15) is 5.56 Å². The summed E-state index contributed by atoms with van der Waals surface area (Å²) in [6.45, 7) is -0.0186. The van der Waals surface area contributed by atoms with Crippen molar-refractivity contribution in [2.45, 2.75) is 6.61 Å². The number of aliphatic hydroxyl groups excluding tert-OH is 1. The van der Waals surface area contributed by atoms with Crippen molar-refractivity contribution in [2.24, 2.45) is 0 Å². The Balaban J connectivity index is 2.19. The highest BCUT2D eigenvalue weighted by Gasteiger charge is 2.04. The van der Waals surface area contributed by atoms with E-state index in [2.05, 4.69) is 36.8 Å². The molecular formula is C12H9Br2NO2. The quantitative estimate of drug-likeness (QED) is 0.904. The molecule has 0 saturated carbocycles. The number of benzene rings is 1. The summed E-state index contributed by atoms with van der Waals surface area (Å²) in [7, 11) is 0. The molecule has 0 radical (unpaired) electrons. The minimum absolute atomic E-state index is 0.0186. The molecule has 1 heterocycles. The minimum atomic E-state index is -0.0186. The van der Waals surface area contributed by atoms with Crippen LogP contribution in [-0.2, 0) is 6.61 Å². The first kappa shape index (κ1) is 12.5. The van der Waals surface area contributed by atoms with Gasteiger partial charge in [0.2, 0.25) is 5.88 Å². The number of aliphatic hydroxyl groups is 1. The summed E-state index contributed by atoms with van der Waals surface area (Å²) < 4.78 is 7.42. The Morgan fingerprint density at radius 1 is 1.18 bits per heavy atom. The van der Waals surface area contributed by atoms with Gasteiger partial charge in [0.1, 0.15) is 5.75 Å². The highest BCUT2D eigenvalue weighted by molar-refractivity contribution is 9.11. The van der Waals surface area contributed by atoms with Gasteiger partial charge in [0, 0.05) is 16.7 Å². The van der Waals surface area contributed by atoms with Crippen LogP contribution in [-0.4, -0.2) is 10.1 Å². The average Bonchev–Trinajstić information content (AvgIpc) is 2.34. The monoisotopic (exact) mass is 357 g/mol. The van der Waals surface area contributed by atoms with E-state index < -0.39 is 0 Å². The van der Waals surface area contributed by atoms with Gasteiger partial charge in [0.05, 0.1) is 11.1 Å². The van der Waals surface area contributed by atoms with Crippen LogP contribution < -0.4 is 4.74 Å². The van der Waals surface area contributed by atoms with Crippen molar-refractivity contribution in [1.82, 2.24) is 4.98 Å². The van der Waals surface area contributed by atoms with E-state index in [1.54, 1.807) is 18.3 Å². The third-order valence-corrected chi connectivity index (χ3v) is 3.20. The van der Waals surface area contributed by atoms with Crippen molar-refractivity contribution >= 4 is 31.9 Å². The van der Waals surface area contributed by atoms with Crippen LogP contribution in [0, 0.1) is 0 Å². The van der Waals surface area contributed by atoms with Gasteiger partial charge in [-0.3, -0.25) is 0 Å². The lowest BCUT2D eigenvalue weighted by atomic mass is 10.3. The van der Waals surface area contributed by atoms with Crippen LogP contribution in [0.5, 0.6) is 11.6 Å². The van der Waals surface area contributed by atoms with Crippen molar-refractivity contribution in [1.29, 1.82) is 0 Å². The van der Waals surface area contributed by atoms with Crippen LogP contribution in [0.25, 0.3) is 0 Å². The van der Waals surface area contributed by atoms with E-state index in [-0.39, 0.29) is 6.61 Å². The number of pyridine rings is 1. The van der Waals surface area contributed by atoms with Gasteiger partial charge in [-0.2, -0.15) is 0 Å². The molecule has 0 aliphatic rings. The van der Waals surface area contributed by atoms with Gasteiger partial charge in [-0.15, -0.1) is 0 Å². The molecule has 3 nitrogen and oxygen atoms in total. The number of aromatic nitrogens is 1. The highest BCUT2D eigenvalue weighted by atomic mass is 79.9. The second kappa shape index (κ2) is 5.62.